The van der Waals surface area contributed by atoms with Gasteiger partial charge >= 0.3 is 0 Å². The molecule has 1 heterocycles. The first-order chi connectivity index (χ1) is 7.26. The standard InChI is InChI=1S/C12H19N3/c1-3-14-11-8-15(4-2)12-7-9(13)5-6-10(11)12/h5-7,11,14H,3-4,8,13H2,1-2H3. The summed E-state index contributed by atoms with van der Waals surface area (Å²) >= 11 is 0. The summed E-state index contributed by atoms with van der Waals surface area (Å²) in [5, 5.41) is 3.50. The van der Waals surface area contributed by atoms with Gasteiger partial charge in [-0.2, -0.15) is 0 Å². The molecule has 0 aliphatic carbocycles. The third-order valence-electron chi connectivity index (χ3n) is 3.01. The zero-order chi connectivity index (χ0) is 10.8. The molecule has 0 amide bonds. The third kappa shape index (κ3) is 1.79. The van der Waals surface area contributed by atoms with E-state index >= 15 is 0 Å². The molecule has 0 saturated heterocycles. The third-order valence-corrected chi connectivity index (χ3v) is 3.01. The Kier molecular flexibility index (Phi) is 2.82. The normalized spacial score (nSPS) is 19.3. The van der Waals surface area contributed by atoms with Crippen molar-refractivity contribution < 1.29 is 0 Å². The maximum atomic E-state index is 5.82. The van der Waals surface area contributed by atoms with Crippen LogP contribution in [0, 0.1) is 0 Å². The van der Waals surface area contributed by atoms with E-state index in [1.54, 1.807) is 0 Å². The van der Waals surface area contributed by atoms with E-state index in [1.165, 1.54) is 11.3 Å². The van der Waals surface area contributed by atoms with E-state index in [4.69, 9.17) is 5.73 Å². The van der Waals surface area contributed by atoms with E-state index < -0.39 is 0 Å². The molecule has 1 aromatic rings. The molecule has 1 aromatic carbocycles. The minimum atomic E-state index is 0.463. The fourth-order valence-electron chi connectivity index (χ4n) is 2.27. The van der Waals surface area contributed by atoms with Crippen LogP contribution in [0.5, 0.6) is 0 Å². The SMILES string of the molecule is CCNC1CN(CC)c2cc(N)ccc21. The molecule has 3 N–H and O–H groups in total. The van der Waals surface area contributed by atoms with Gasteiger partial charge in [-0.1, -0.05) is 13.0 Å². The molecular formula is C12H19N3. The smallest absolute Gasteiger partial charge is 0.0518 e. The van der Waals surface area contributed by atoms with Crippen LogP contribution in [-0.4, -0.2) is 19.6 Å². The van der Waals surface area contributed by atoms with E-state index in [2.05, 4.69) is 36.2 Å². The van der Waals surface area contributed by atoms with Crippen molar-refractivity contribution in [3.63, 3.8) is 0 Å². The van der Waals surface area contributed by atoms with Crippen LogP contribution in [-0.2, 0) is 0 Å². The van der Waals surface area contributed by atoms with E-state index in [-0.39, 0.29) is 0 Å². The Morgan fingerprint density at radius 3 is 2.93 bits per heavy atom. The number of likely N-dealkylation sites (N-methyl/N-ethyl adjacent to an activating group) is 2. The first kappa shape index (κ1) is 10.3. The number of nitrogens with two attached hydrogens (primary N) is 1. The fraction of sp³-hybridized carbons (Fsp3) is 0.500. The summed E-state index contributed by atoms with van der Waals surface area (Å²) < 4.78 is 0. The Balaban J connectivity index is 2.34. The van der Waals surface area contributed by atoms with Crippen LogP contribution in [0.1, 0.15) is 25.5 Å². The van der Waals surface area contributed by atoms with Gasteiger partial charge in [0.05, 0.1) is 6.04 Å². The number of hydrogen-bond acceptors (Lipinski definition) is 3. The van der Waals surface area contributed by atoms with Crippen LogP contribution in [0.4, 0.5) is 11.4 Å². The average molecular weight is 205 g/mol. The highest BCUT2D eigenvalue weighted by Gasteiger charge is 2.26. The molecule has 0 spiro atoms. The van der Waals surface area contributed by atoms with Crippen molar-refractivity contribution in [1.29, 1.82) is 0 Å². The zero-order valence-electron chi connectivity index (χ0n) is 9.46. The molecule has 1 aliphatic rings. The van der Waals surface area contributed by atoms with Crippen LogP contribution < -0.4 is 16.0 Å². The molecule has 82 valence electrons. The lowest BCUT2D eigenvalue weighted by Crippen LogP contribution is -2.27. The lowest BCUT2D eigenvalue weighted by atomic mass is 10.1. The van der Waals surface area contributed by atoms with Crippen molar-refractivity contribution >= 4 is 11.4 Å². The summed E-state index contributed by atoms with van der Waals surface area (Å²) in [7, 11) is 0. The number of nitrogens with zero attached hydrogens (tertiary/aromatic N) is 1. The van der Waals surface area contributed by atoms with Crippen LogP contribution in [0.3, 0.4) is 0 Å². The Morgan fingerprint density at radius 2 is 2.27 bits per heavy atom. The van der Waals surface area contributed by atoms with Gasteiger partial charge in [0.15, 0.2) is 0 Å². The summed E-state index contributed by atoms with van der Waals surface area (Å²) in [5.41, 5.74) is 9.35. The van der Waals surface area contributed by atoms with Crippen molar-refractivity contribution in [3.8, 4) is 0 Å². The molecule has 1 aliphatic heterocycles. The molecule has 15 heavy (non-hydrogen) atoms. The van der Waals surface area contributed by atoms with E-state index in [0.29, 0.717) is 6.04 Å². The monoisotopic (exact) mass is 205 g/mol. The quantitative estimate of drug-likeness (QED) is 0.739. The second kappa shape index (κ2) is 4.11. The van der Waals surface area contributed by atoms with E-state index in [0.717, 1.165) is 25.3 Å². The molecule has 0 aromatic heterocycles. The predicted molar refractivity (Wildman–Crippen MR) is 65.2 cm³/mol. The number of hydrogen-bond donors (Lipinski definition) is 2. The van der Waals surface area contributed by atoms with Crippen molar-refractivity contribution in [2.24, 2.45) is 0 Å². The maximum absolute atomic E-state index is 5.82. The van der Waals surface area contributed by atoms with Crippen LogP contribution in [0.2, 0.25) is 0 Å². The highest BCUT2D eigenvalue weighted by molar-refractivity contribution is 5.65. The molecule has 0 bridgehead atoms. The summed E-state index contributed by atoms with van der Waals surface area (Å²) in [4.78, 5) is 2.37. The van der Waals surface area contributed by atoms with E-state index in [9.17, 15) is 0 Å². The molecule has 2 rings (SSSR count). The number of nitrogens with one attached hydrogen (secondary N) is 1. The lowest BCUT2D eigenvalue weighted by molar-refractivity contribution is 0.572. The number of anilines is 2. The largest absolute Gasteiger partial charge is 0.399 e. The maximum Gasteiger partial charge on any atom is 0.0518 e. The lowest BCUT2D eigenvalue weighted by Gasteiger charge is -2.17. The van der Waals surface area contributed by atoms with Gasteiger partial charge in [0.25, 0.3) is 0 Å². The first-order valence-corrected chi connectivity index (χ1v) is 5.64. The highest BCUT2D eigenvalue weighted by atomic mass is 15.2. The molecule has 0 radical (unpaired) electrons. The molecular weight excluding hydrogens is 186 g/mol. The number of rotatable bonds is 3. The first-order valence-electron chi connectivity index (χ1n) is 5.64. The molecule has 3 nitrogen and oxygen atoms in total. The van der Waals surface area contributed by atoms with Gasteiger partial charge in [-0.05, 0) is 31.2 Å². The Labute approximate surface area is 91.3 Å². The van der Waals surface area contributed by atoms with Crippen molar-refractivity contribution in [1.82, 2.24) is 5.32 Å². The van der Waals surface area contributed by atoms with Gasteiger partial charge in [-0.3, -0.25) is 0 Å². The summed E-state index contributed by atoms with van der Waals surface area (Å²) in [6.45, 7) is 7.43. The average Bonchev–Trinajstić information content (AvgIpc) is 2.56. The van der Waals surface area contributed by atoms with Gasteiger partial charge in [-0.25, -0.2) is 0 Å². The number of fused-ring (bicyclic) bond motifs is 1. The van der Waals surface area contributed by atoms with Crippen molar-refractivity contribution in [2.45, 2.75) is 19.9 Å². The summed E-state index contributed by atoms with van der Waals surface area (Å²) in [6.07, 6.45) is 0. The van der Waals surface area contributed by atoms with Crippen LogP contribution >= 0.6 is 0 Å². The van der Waals surface area contributed by atoms with Crippen molar-refractivity contribution in [3.05, 3.63) is 23.8 Å². The second-order valence-electron chi connectivity index (χ2n) is 3.97. The summed E-state index contributed by atoms with van der Waals surface area (Å²) in [6, 6.07) is 6.68. The molecule has 1 unspecified atom stereocenters. The topological polar surface area (TPSA) is 41.3 Å². The number of benzene rings is 1. The van der Waals surface area contributed by atoms with Crippen LogP contribution in [0.15, 0.2) is 18.2 Å². The van der Waals surface area contributed by atoms with Gasteiger partial charge < -0.3 is 16.0 Å². The highest BCUT2D eigenvalue weighted by Crippen LogP contribution is 2.35. The van der Waals surface area contributed by atoms with Gasteiger partial charge in [0, 0.05) is 24.5 Å². The predicted octanol–water partition coefficient (Wildman–Crippen LogP) is 1.76. The van der Waals surface area contributed by atoms with Gasteiger partial charge in [0.1, 0.15) is 0 Å². The van der Waals surface area contributed by atoms with Crippen molar-refractivity contribution in [2.75, 3.05) is 30.3 Å². The van der Waals surface area contributed by atoms with Gasteiger partial charge in [-0.15, -0.1) is 0 Å². The zero-order valence-corrected chi connectivity index (χ0v) is 9.46. The van der Waals surface area contributed by atoms with E-state index in [1.807, 2.05) is 6.07 Å². The fourth-order valence-corrected chi connectivity index (χ4v) is 2.27. The van der Waals surface area contributed by atoms with Gasteiger partial charge in [0.2, 0.25) is 0 Å². The number of nitrogen functional groups attached to an aromatic ring is 1. The Hall–Kier alpha value is -1.22. The molecule has 0 fully saturated rings. The molecule has 0 saturated carbocycles. The second-order valence-corrected chi connectivity index (χ2v) is 3.97. The minimum Gasteiger partial charge on any atom is -0.399 e. The summed E-state index contributed by atoms with van der Waals surface area (Å²) in [5.74, 6) is 0. The molecule has 1 atom stereocenters. The minimum absolute atomic E-state index is 0.463. The molecule has 3 heteroatoms. The Morgan fingerprint density at radius 1 is 1.47 bits per heavy atom. The van der Waals surface area contributed by atoms with Crippen LogP contribution in [0.25, 0.3) is 0 Å². The Bertz CT molecular complexity index is 349.